The molecule has 0 radical (unpaired) electrons. The molecular formula is C16H19N5O2. The molecule has 0 spiro atoms. The lowest BCUT2D eigenvalue weighted by Crippen LogP contribution is -2.23. The molecule has 1 saturated carbocycles. The van der Waals surface area contributed by atoms with E-state index in [1.165, 1.54) is 12.6 Å². The van der Waals surface area contributed by atoms with Crippen LogP contribution in [-0.2, 0) is 11.3 Å². The van der Waals surface area contributed by atoms with Crippen LogP contribution < -0.4 is 4.90 Å². The first-order valence-corrected chi connectivity index (χ1v) is 8.00. The highest BCUT2D eigenvalue weighted by molar-refractivity contribution is 5.88. The first kappa shape index (κ1) is 14.2. The normalized spacial score (nSPS) is 22.0. The minimum Gasteiger partial charge on any atom is -0.462 e. The van der Waals surface area contributed by atoms with Crippen molar-refractivity contribution in [3.63, 3.8) is 0 Å². The van der Waals surface area contributed by atoms with Gasteiger partial charge in [-0.2, -0.15) is 10.2 Å². The Morgan fingerprint density at radius 3 is 2.83 bits per heavy atom. The van der Waals surface area contributed by atoms with E-state index in [0.29, 0.717) is 18.7 Å². The van der Waals surface area contributed by atoms with E-state index in [1.54, 1.807) is 17.8 Å². The number of esters is 1. The summed E-state index contributed by atoms with van der Waals surface area (Å²) in [5, 5.41) is 12.8. The van der Waals surface area contributed by atoms with Crippen LogP contribution in [0.3, 0.4) is 0 Å². The molecule has 23 heavy (non-hydrogen) atoms. The van der Waals surface area contributed by atoms with E-state index in [1.807, 2.05) is 12.1 Å². The van der Waals surface area contributed by atoms with E-state index in [9.17, 15) is 4.79 Å². The Morgan fingerprint density at radius 1 is 1.30 bits per heavy atom. The highest BCUT2D eigenvalue weighted by Gasteiger charge is 2.45. The van der Waals surface area contributed by atoms with E-state index in [4.69, 9.17) is 4.74 Å². The number of ether oxygens (including phenoxy) is 1. The molecule has 2 aromatic heterocycles. The summed E-state index contributed by atoms with van der Waals surface area (Å²) in [5.41, 5.74) is 1.27. The monoisotopic (exact) mass is 313 g/mol. The zero-order valence-electron chi connectivity index (χ0n) is 13.1. The van der Waals surface area contributed by atoms with Gasteiger partial charge in [0, 0.05) is 19.3 Å². The standard InChI is InChI=1S/C16H19N5O2/c1-2-23-16(22)13-6-17-21(9-13)10-14-3-4-15(19-18-14)20-7-11-5-12(11)8-20/h3-4,6,9,11-12H,2,5,7-8,10H2,1H3. The summed E-state index contributed by atoms with van der Waals surface area (Å²) in [5.74, 6) is 2.35. The third kappa shape index (κ3) is 2.91. The first-order chi connectivity index (χ1) is 11.2. The number of hydrogen-bond acceptors (Lipinski definition) is 6. The summed E-state index contributed by atoms with van der Waals surface area (Å²) in [6, 6.07) is 3.99. The van der Waals surface area contributed by atoms with Crippen molar-refractivity contribution in [3.05, 3.63) is 35.8 Å². The molecular weight excluding hydrogens is 294 g/mol. The smallest absolute Gasteiger partial charge is 0.341 e. The van der Waals surface area contributed by atoms with Crippen molar-refractivity contribution in [3.8, 4) is 0 Å². The highest BCUT2D eigenvalue weighted by atomic mass is 16.5. The molecule has 2 aliphatic rings. The van der Waals surface area contributed by atoms with Crippen molar-refractivity contribution >= 4 is 11.8 Å². The topological polar surface area (TPSA) is 73.1 Å². The zero-order chi connectivity index (χ0) is 15.8. The van der Waals surface area contributed by atoms with Gasteiger partial charge in [0.1, 0.15) is 0 Å². The van der Waals surface area contributed by atoms with Crippen LogP contribution in [-0.4, -0.2) is 45.6 Å². The third-order valence-corrected chi connectivity index (χ3v) is 4.48. The second-order valence-electron chi connectivity index (χ2n) is 6.19. The second kappa shape index (κ2) is 5.64. The van der Waals surface area contributed by atoms with Gasteiger partial charge < -0.3 is 9.64 Å². The summed E-state index contributed by atoms with van der Waals surface area (Å²) >= 11 is 0. The molecule has 2 atom stereocenters. The lowest BCUT2D eigenvalue weighted by Gasteiger charge is -2.18. The van der Waals surface area contributed by atoms with E-state index >= 15 is 0 Å². The van der Waals surface area contributed by atoms with Crippen LogP contribution in [0, 0.1) is 11.8 Å². The lowest BCUT2D eigenvalue weighted by atomic mass is 10.3. The fourth-order valence-electron chi connectivity index (χ4n) is 3.13. The van der Waals surface area contributed by atoms with Crippen LogP contribution in [0.25, 0.3) is 0 Å². The predicted molar refractivity (Wildman–Crippen MR) is 83.1 cm³/mol. The molecule has 7 heteroatoms. The van der Waals surface area contributed by atoms with Gasteiger partial charge in [-0.1, -0.05) is 0 Å². The molecule has 4 rings (SSSR count). The Morgan fingerprint density at radius 2 is 2.13 bits per heavy atom. The number of carbonyl (C=O) groups is 1. The van der Waals surface area contributed by atoms with Gasteiger partial charge in [0.15, 0.2) is 5.82 Å². The van der Waals surface area contributed by atoms with Gasteiger partial charge in [0.05, 0.1) is 30.6 Å². The molecule has 1 saturated heterocycles. The van der Waals surface area contributed by atoms with Crippen molar-refractivity contribution in [2.45, 2.75) is 19.9 Å². The first-order valence-electron chi connectivity index (χ1n) is 8.00. The molecule has 1 aliphatic heterocycles. The Balaban J connectivity index is 1.40. The molecule has 0 amide bonds. The Labute approximate surface area is 134 Å². The Bertz CT molecular complexity index is 702. The van der Waals surface area contributed by atoms with Crippen molar-refractivity contribution in [1.29, 1.82) is 0 Å². The van der Waals surface area contributed by atoms with Crippen LogP contribution in [0.5, 0.6) is 0 Å². The zero-order valence-corrected chi connectivity index (χ0v) is 13.1. The van der Waals surface area contributed by atoms with Crippen LogP contribution in [0.2, 0.25) is 0 Å². The SMILES string of the molecule is CCOC(=O)c1cnn(Cc2ccc(N3CC4CC4C3)nn2)c1. The average Bonchev–Trinajstić information content (AvgIpc) is 2.98. The molecule has 0 bridgehead atoms. The minimum absolute atomic E-state index is 0.354. The summed E-state index contributed by atoms with van der Waals surface area (Å²) in [6.07, 6.45) is 4.56. The maximum absolute atomic E-state index is 11.6. The van der Waals surface area contributed by atoms with Crippen LogP contribution in [0.1, 0.15) is 29.4 Å². The molecule has 7 nitrogen and oxygen atoms in total. The number of fused-ring (bicyclic) bond motifs is 1. The Hall–Kier alpha value is -2.44. The predicted octanol–water partition coefficient (Wildman–Crippen LogP) is 1.35. The van der Waals surface area contributed by atoms with Gasteiger partial charge in [-0.3, -0.25) is 4.68 Å². The largest absolute Gasteiger partial charge is 0.462 e. The number of aromatic nitrogens is 4. The van der Waals surface area contributed by atoms with Gasteiger partial charge in [-0.15, -0.1) is 5.10 Å². The quantitative estimate of drug-likeness (QED) is 0.776. The van der Waals surface area contributed by atoms with E-state index in [0.717, 1.165) is 36.4 Å². The Kier molecular flexibility index (Phi) is 3.48. The fourth-order valence-corrected chi connectivity index (χ4v) is 3.13. The van der Waals surface area contributed by atoms with E-state index in [-0.39, 0.29) is 5.97 Å². The number of hydrogen-bond donors (Lipinski definition) is 0. The summed E-state index contributed by atoms with van der Waals surface area (Å²) in [6.45, 7) is 4.85. The second-order valence-corrected chi connectivity index (χ2v) is 6.19. The molecule has 2 fully saturated rings. The molecule has 3 heterocycles. The average molecular weight is 313 g/mol. The lowest BCUT2D eigenvalue weighted by molar-refractivity contribution is 0.0526. The summed E-state index contributed by atoms with van der Waals surface area (Å²) in [7, 11) is 0. The van der Waals surface area contributed by atoms with Gasteiger partial charge in [0.25, 0.3) is 0 Å². The minimum atomic E-state index is -0.354. The van der Waals surface area contributed by atoms with Crippen LogP contribution >= 0.6 is 0 Å². The molecule has 0 N–H and O–H groups in total. The molecule has 2 aromatic rings. The fraction of sp³-hybridized carbons (Fsp3) is 0.500. The number of nitrogens with zero attached hydrogens (tertiary/aromatic N) is 5. The number of carbonyl (C=O) groups excluding carboxylic acids is 1. The number of piperidine rings is 1. The van der Waals surface area contributed by atoms with Crippen molar-refractivity contribution in [2.24, 2.45) is 11.8 Å². The molecule has 2 unspecified atom stereocenters. The van der Waals surface area contributed by atoms with Crippen molar-refractivity contribution in [2.75, 3.05) is 24.6 Å². The van der Waals surface area contributed by atoms with Crippen molar-refractivity contribution in [1.82, 2.24) is 20.0 Å². The van der Waals surface area contributed by atoms with E-state index < -0.39 is 0 Å². The maximum atomic E-state index is 11.6. The number of rotatable bonds is 5. The maximum Gasteiger partial charge on any atom is 0.341 e. The molecule has 0 aromatic carbocycles. The van der Waals surface area contributed by atoms with Gasteiger partial charge in [0.2, 0.25) is 0 Å². The van der Waals surface area contributed by atoms with Gasteiger partial charge in [-0.25, -0.2) is 4.79 Å². The summed E-state index contributed by atoms with van der Waals surface area (Å²) in [4.78, 5) is 13.9. The van der Waals surface area contributed by atoms with Crippen LogP contribution in [0.15, 0.2) is 24.5 Å². The molecule has 1 aliphatic carbocycles. The van der Waals surface area contributed by atoms with Crippen molar-refractivity contribution < 1.29 is 9.53 Å². The van der Waals surface area contributed by atoms with Gasteiger partial charge in [-0.05, 0) is 37.3 Å². The molecule has 120 valence electrons. The van der Waals surface area contributed by atoms with Gasteiger partial charge >= 0.3 is 5.97 Å². The van der Waals surface area contributed by atoms with Crippen LogP contribution in [0.4, 0.5) is 5.82 Å². The third-order valence-electron chi connectivity index (χ3n) is 4.48. The number of anilines is 1. The van der Waals surface area contributed by atoms with E-state index in [2.05, 4.69) is 20.2 Å². The summed E-state index contributed by atoms with van der Waals surface area (Å²) < 4.78 is 6.62. The highest BCUT2D eigenvalue weighted by Crippen LogP contribution is 2.45.